The van der Waals surface area contributed by atoms with E-state index < -0.39 is 0 Å². The minimum Gasteiger partial charge on any atom is -0.492 e. The topological polar surface area (TPSA) is 55.6 Å². The van der Waals surface area contributed by atoms with Crippen molar-refractivity contribution in [3.8, 4) is 16.9 Å². The number of primary amides is 1. The third-order valence-corrected chi connectivity index (χ3v) is 5.72. The number of fused-ring (bicyclic) bond motifs is 1. The van der Waals surface area contributed by atoms with Crippen LogP contribution in [-0.4, -0.2) is 36.5 Å². The first-order valence-corrected chi connectivity index (χ1v) is 9.59. The van der Waals surface area contributed by atoms with Crippen LogP contribution in [0.15, 0.2) is 36.4 Å². The largest absolute Gasteiger partial charge is 0.492 e. The van der Waals surface area contributed by atoms with Crippen LogP contribution >= 0.6 is 12.4 Å². The van der Waals surface area contributed by atoms with Crippen LogP contribution in [0.5, 0.6) is 5.75 Å². The number of carbonyl (C=O) groups is 1. The van der Waals surface area contributed by atoms with Crippen LogP contribution in [0.2, 0.25) is 0 Å². The number of carbonyl (C=O) groups excluding carboxylic acids is 1. The minimum absolute atomic E-state index is 0. The maximum atomic E-state index is 11.8. The average molecular weight is 387 g/mol. The highest BCUT2D eigenvalue weighted by Crippen LogP contribution is 2.34. The molecule has 2 aromatic rings. The zero-order valence-corrected chi connectivity index (χ0v) is 16.6. The van der Waals surface area contributed by atoms with Gasteiger partial charge in [0.2, 0.25) is 5.91 Å². The molecule has 1 saturated heterocycles. The van der Waals surface area contributed by atoms with Gasteiger partial charge in [-0.15, -0.1) is 12.4 Å². The normalized spacial score (nSPS) is 19.1. The van der Waals surface area contributed by atoms with Crippen molar-refractivity contribution in [2.45, 2.75) is 38.6 Å². The molecule has 4 nitrogen and oxygen atoms in total. The average Bonchev–Trinajstić information content (AvgIpc) is 3.21. The van der Waals surface area contributed by atoms with Crippen LogP contribution in [0.4, 0.5) is 0 Å². The van der Waals surface area contributed by atoms with Gasteiger partial charge in [-0.3, -0.25) is 9.69 Å². The number of amides is 1. The van der Waals surface area contributed by atoms with Gasteiger partial charge < -0.3 is 10.5 Å². The summed E-state index contributed by atoms with van der Waals surface area (Å²) in [5.41, 5.74) is 10.6. The van der Waals surface area contributed by atoms with Crippen molar-refractivity contribution in [2.75, 3.05) is 19.7 Å². The monoisotopic (exact) mass is 386 g/mol. The number of nitrogens with two attached hydrogens (primary N) is 1. The third kappa shape index (κ3) is 3.83. The van der Waals surface area contributed by atoms with Gasteiger partial charge in [0.15, 0.2) is 0 Å². The molecule has 144 valence electrons. The molecule has 1 unspecified atom stereocenters. The summed E-state index contributed by atoms with van der Waals surface area (Å²) >= 11 is 0. The molecule has 0 bridgehead atoms. The molecule has 1 amide bonds. The second kappa shape index (κ2) is 8.32. The highest BCUT2D eigenvalue weighted by atomic mass is 35.5. The number of benzene rings is 2. The lowest BCUT2D eigenvalue weighted by atomic mass is 9.91. The van der Waals surface area contributed by atoms with Gasteiger partial charge in [-0.25, -0.2) is 0 Å². The summed E-state index contributed by atoms with van der Waals surface area (Å²) in [5.74, 6) is 0.607. The summed E-state index contributed by atoms with van der Waals surface area (Å²) < 4.78 is 6.13. The Morgan fingerprint density at radius 2 is 2.00 bits per heavy atom. The Bertz CT molecular complexity index is 831. The molecule has 2 heterocycles. The number of halogens is 1. The quantitative estimate of drug-likeness (QED) is 0.868. The van der Waals surface area contributed by atoms with E-state index in [1.807, 2.05) is 6.07 Å². The summed E-state index contributed by atoms with van der Waals surface area (Å²) in [6, 6.07) is 12.7. The van der Waals surface area contributed by atoms with Crippen LogP contribution in [0.3, 0.4) is 0 Å². The summed E-state index contributed by atoms with van der Waals surface area (Å²) in [4.78, 5) is 14.3. The van der Waals surface area contributed by atoms with Crippen molar-refractivity contribution < 1.29 is 9.53 Å². The lowest BCUT2D eigenvalue weighted by Gasteiger charge is -2.32. The molecule has 2 aliphatic rings. The number of nitrogens with zero attached hydrogens (tertiary/aromatic N) is 1. The minimum atomic E-state index is -0.369. The molecule has 4 rings (SSSR count). The van der Waals surface area contributed by atoms with E-state index in [1.165, 1.54) is 31.5 Å². The highest BCUT2D eigenvalue weighted by molar-refractivity contribution is 5.96. The fourth-order valence-corrected chi connectivity index (χ4v) is 4.33. The molecule has 2 N–H and O–H groups in total. The van der Waals surface area contributed by atoms with Crippen molar-refractivity contribution in [1.82, 2.24) is 4.90 Å². The standard InChI is InChI=1S/C22H26N2O2.ClH/c1-2-18-19(6-5-7-20(18)22(23)25)15-8-9-16-12-17(14-26-21(16)13-15)24-10-3-4-11-24;/h5-9,13,17H,2-4,10-12,14H2,1H3,(H2,23,25);1H. The first-order chi connectivity index (χ1) is 12.7. The lowest BCUT2D eigenvalue weighted by molar-refractivity contribution is 0.0999. The van der Waals surface area contributed by atoms with Gasteiger partial charge >= 0.3 is 0 Å². The first-order valence-electron chi connectivity index (χ1n) is 9.59. The van der Waals surface area contributed by atoms with Crippen LogP contribution in [0.1, 0.15) is 41.3 Å². The molecule has 0 aromatic heterocycles. The number of hydrogen-bond donors (Lipinski definition) is 1. The molecular formula is C22H27ClN2O2. The number of likely N-dealkylation sites (tertiary alicyclic amines) is 1. The predicted molar refractivity (Wildman–Crippen MR) is 111 cm³/mol. The second-order valence-electron chi connectivity index (χ2n) is 7.28. The smallest absolute Gasteiger partial charge is 0.248 e. The molecule has 1 atom stereocenters. The predicted octanol–water partition coefficient (Wildman–Crippen LogP) is 3.84. The Balaban J connectivity index is 0.00000210. The van der Waals surface area contributed by atoms with E-state index in [9.17, 15) is 4.79 Å². The molecular weight excluding hydrogens is 360 g/mol. The maximum absolute atomic E-state index is 11.8. The summed E-state index contributed by atoms with van der Waals surface area (Å²) in [7, 11) is 0. The zero-order valence-electron chi connectivity index (χ0n) is 15.7. The van der Waals surface area contributed by atoms with Gasteiger partial charge in [-0.2, -0.15) is 0 Å². The molecule has 27 heavy (non-hydrogen) atoms. The van der Waals surface area contributed by atoms with Crippen LogP contribution < -0.4 is 10.5 Å². The van der Waals surface area contributed by atoms with Crippen LogP contribution in [0.25, 0.3) is 11.1 Å². The molecule has 5 heteroatoms. The van der Waals surface area contributed by atoms with E-state index in [4.69, 9.17) is 10.5 Å². The number of ether oxygens (including phenoxy) is 1. The van der Waals surface area contributed by atoms with Gasteiger partial charge in [0.25, 0.3) is 0 Å². The fraction of sp³-hybridized carbons (Fsp3) is 0.409. The highest BCUT2D eigenvalue weighted by Gasteiger charge is 2.27. The Labute approximate surface area is 167 Å². The van der Waals surface area contributed by atoms with Crippen molar-refractivity contribution in [3.63, 3.8) is 0 Å². The second-order valence-corrected chi connectivity index (χ2v) is 7.28. The lowest BCUT2D eigenvalue weighted by Crippen LogP contribution is -2.41. The Morgan fingerprint density at radius 1 is 1.22 bits per heavy atom. The SMILES string of the molecule is CCc1c(C(N)=O)cccc1-c1ccc2c(c1)OCC(N1CCCC1)C2.Cl. The Morgan fingerprint density at radius 3 is 2.70 bits per heavy atom. The molecule has 2 aliphatic heterocycles. The summed E-state index contributed by atoms with van der Waals surface area (Å²) in [5, 5.41) is 0. The van der Waals surface area contributed by atoms with E-state index in [-0.39, 0.29) is 18.3 Å². The maximum Gasteiger partial charge on any atom is 0.248 e. The third-order valence-electron chi connectivity index (χ3n) is 5.72. The first kappa shape index (κ1) is 19.7. The van der Waals surface area contributed by atoms with E-state index in [1.54, 1.807) is 6.07 Å². The zero-order chi connectivity index (χ0) is 18.1. The van der Waals surface area contributed by atoms with Crippen LogP contribution in [0, 0.1) is 0 Å². The number of hydrogen-bond acceptors (Lipinski definition) is 3. The van der Waals surface area contributed by atoms with Crippen molar-refractivity contribution in [1.29, 1.82) is 0 Å². The molecule has 0 radical (unpaired) electrons. The Hall–Kier alpha value is -2.04. The number of rotatable bonds is 4. The molecule has 0 aliphatic carbocycles. The van der Waals surface area contributed by atoms with Crippen molar-refractivity contribution >= 4 is 18.3 Å². The van der Waals surface area contributed by atoms with Gasteiger partial charge in [0.05, 0.1) is 0 Å². The van der Waals surface area contributed by atoms with E-state index in [0.29, 0.717) is 11.6 Å². The fourth-order valence-electron chi connectivity index (χ4n) is 4.33. The molecule has 0 spiro atoms. The molecule has 2 aromatic carbocycles. The van der Waals surface area contributed by atoms with Gasteiger partial charge in [-0.05, 0) is 73.2 Å². The van der Waals surface area contributed by atoms with E-state index in [0.717, 1.165) is 41.9 Å². The molecule has 0 saturated carbocycles. The van der Waals surface area contributed by atoms with Gasteiger partial charge in [0, 0.05) is 11.6 Å². The van der Waals surface area contributed by atoms with Crippen LogP contribution in [-0.2, 0) is 12.8 Å². The Kier molecular flexibility index (Phi) is 6.08. The van der Waals surface area contributed by atoms with Crippen molar-refractivity contribution in [3.05, 3.63) is 53.1 Å². The van der Waals surface area contributed by atoms with E-state index >= 15 is 0 Å². The van der Waals surface area contributed by atoms with Crippen molar-refractivity contribution in [2.24, 2.45) is 5.73 Å². The van der Waals surface area contributed by atoms with Gasteiger partial charge in [-0.1, -0.05) is 31.2 Å². The molecule has 1 fully saturated rings. The van der Waals surface area contributed by atoms with Gasteiger partial charge in [0.1, 0.15) is 12.4 Å². The summed E-state index contributed by atoms with van der Waals surface area (Å²) in [6.07, 6.45) is 4.43. The summed E-state index contributed by atoms with van der Waals surface area (Å²) in [6.45, 7) is 5.21. The van der Waals surface area contributed by atoms with E-state index in [2.05, 4.69) is 36.1 Å².